The number of carbonyl (C=O) groups excluding carboxylic acids is 2. The van der Waals surface area contributed by atoms with Crippen LogP contribution in [0.15, 0.2) is 0 Å². The van der Waals surface area contributed by atoms with E-state index in [2.05, 4.69) is 17.9 Å². The summed E-state index contributed by atoms with van der Waals surface area (Å²) in [6.07, 6.45) is 0. The predicted molar refractivity (Wildman–Crippen MR) is 68.1 cm³/mol. The van der Waals surface area contributed by atoms with Gasteiger partial charge in [0, 0.05) is 12.7 Å². The number of nitrogens with one attached hydrogen (secondary N) is 1. The van der Waals surface area contributed by atoms with Crippen LogP contribution in [0.5, 0.6) is 0 Å². The van der Waals surface area contributed by atoms with Gasteiger partial charge in [0.05, 0.1) is 12.2 Å². The maximum absolute atomic E-state index is 11.5. The van der Waals surface area contributed by atoms with E-state index in [1.54, 1.807) is 0 Å². The molecule has 0 aromatic rings. The third kappa shape index (κ3) is 9.00. The van der Waals surface area contributed by atoms with E-state index in [4.69, 9.17) is 9.47 Å². The Morgan fingerprint density at radius 3 is 2.29 bits per heavy atom. The second kappa shape index (κ2) is 7.55. The van der Waals surface area contributed by atoms with E-state index in [0.717, 1.165) is 0 Å². The molecule has 0 aliphatic rings. The van der Waals surface area contributed by atoms with Gasteiger partial charge in [0.15, 0.2) is 0 Å². The molecule has 0 saturated heterocycles. The van der Waals surface area contributed by atoms with Gasteiger partial charge in [-0.3, -0.25) is 4.79 Å². The number of rotatable bonds is 6. The van der Waals surface area contributed by atoms with Crippen molar-refractivity contribution >= 4 is 24.5 Å². The second-order valence-electron chi connectivity index (χ2n) is 4.56. The van der Waals surface area contributed by atoms with E-state index in [0.29, 0.717) is 6.61 Å². The summed E-state index contributed by atoms with van der Waals surface area (Å²) < 4.78 is 10.4. The first-order valence-corrected chi connectivity index (χ1v) is 6.08. The van der Waals surface area contributed by atoms with Crippen LogP contribution >= 0.6 is 12.6 Å². The van der Waals surface area contributed by atoms with Crippen molar-refractivity contribution in [1.29, 1.82) is 0 Å². The number of hydrogen-bond donors (Lipinski definition) is 2. The lowest BCUT2D eigenvalue weighted by molar-refractivity contribution is -0.150. The molecule has 0 aromatic carbocycles. The van der Waals surface area contributed by atoms with Crippen molar-refractivity contribution in [3.8, 4) is 0 Å². The van der Waals surface area contributed by atoms with Crippen molar-refractivity contribution in [3.05, 3.63) is 0 Å². The van der Waals surface area contributed by atoms with Crippen molar-refractivity contribution in [2.75, 3.05) is 19.0 Å². The summed E-state index contributed by atoms with van der Waals surface area (Å²) in [4.78, 5) is 22.3. The summed E-state index contributed by atoms with van der Waals surface area (Å²) in [5.41, 5.74) is -0.257. The van der Waals surface area contributed by atoms with Crippen LogP contribution in [0.25, 0.3) is 0 Å². The van der Waals surface area contributed by atoms with Crippen LogP contribution in [-0.2, 0) is 19.1 Å². The molecule has 0 heterocycles. The summed E-state index contributed by atoms with van der Waals surface area (Å²) in [5, 5.41) is 2.46. The molecule has 17 heavy (non-hydrogen) atoms. The van der Waals surface area contributed by atoms with Gasteiger partial charge in [-0.15, -0.1) is 0 Å². The highest BCUT2D eigenvalue weighted by Crippen LogP contribution is 2.05. The third-order valence-electron chi connectivity index (χ3n) is 1.71. The second-order valence-corrected chi connectivity index (χ2v) is 4.93. The quantitative estimate of drug-likeness (QED) is 0.422. The van der Waals surface area contributed by atoms with Gasteiger partial charge in [-0.2, -0.15) is 12.6 Å². The molecule has 0 fully saturated rings. The van der Waals surface area contributed by atoms with E-state index in [-0.39, 0.29) is 23.9 Å². The monoisotopic (exact) mass is 263 g/mol. The average molecular weight is 263 g/mol. The lowest BCUT2D eigenvalue weighted by Gasteiger charge is -2.20. The maximum atomic E-state index is 11.5. The zero-order valence-electron chi connectivity index (χ0n) is 10.8. The number of thiol groups is 1. The van der Waals surface area contributed by atoms with E-state index >= 15 is 0 Å². The SMILES string of the molecule is CC(=O)N[C@@H](CS)C(=O)OCCOC(C)(C)C. The van der Waals surface area contributed by atoms with Crippen LogP contribution < -0.4 is 5.32 Å². The fourth-order valence-corrected chi connectivity index (χ4v) is 1.26. The number of hydrogen-bond acceptors (Lipinski definition) is 5. The summed E-state index contributed by atoms with van der Waals surface area (Å²) in [5.74, 6) is -0.571. The molecule has 0 rings (SSSR count). The van der Waals surface area contributed by atoms with Gasteiger partial charge in [0.1, 0.15) is 12.6 Å². The molecule has 0 aliphatic carbocycles. The fraction of sp³-hybridized carbons (Fsp3) is 0.818. The number of amides is 1. The van der Waals surface area contributed by atoms with Crippen molar-refractivity contribution < 1.29 is 19.1 Å². The van der Waals surface area contributed by atoms with Crippen LogP contribution in [-0.4, -0.2) is 42.5 Å². The summed E-state index contributed by atoms with van der Waals surface area (Å²) in [6, 6.07) is -0.703. The molecule has 5 nitrogen and oxygen atoms in total. The van der Waals surface area contributed by atoms with Gasteiger partial charge in [0.25, 0.3) is 0 Å². The van der Waals surface area contributed by atoms with Gasteiger partial charge in [-0.1, -0.05) is 0 Å². The Kier molecular flexibility index (Phi) is 7.22. The number of esters is 1. The van der Waals surface area contributed by atoms with Crippen molar-refractivity contribution in [2.24, 2.45) is 0 Å². The van der Waals surface area contributed by atoms with E-state index in [1.165, 1.54) is 6.92 Å². The fourth-order valence-electron chi connectivity index (χ4n) is 1.02. The lowest BCUT2D eigenvalue weighted by Crippen LogP contribution is -2.42. The normalized spacial score (nSPS) is 13.0. The molecule has 1 amide bonds. The molecule has 1 N–H and O–H groups in total. The van der Waals surface area contributed by atoms with Crippen LogP contribution in [0.1, 0.15) is 27.7 Å². The highest BCUT2D eigenvalue weighted by Gasteiger charge is 2.19. The molecular weight excluding hydrogens is 242 g/mol. The average Bonchev–Trinajstić information content (AvgIpc) is 2.19. The molecule has 0 aromatic heterocycles. The number of carbonyl (C=O) groups is 2. The Hall–Kier alpha value is -0.750. The van der Waals surface area contributed by atoms with Gasteiger partial charge in [-0.05, 0) is 20.8 Å². The summed E-state index contributed by atoms with van der Waals surface area (Å²) in [6.45, 7) is 7.59. The maximum Gasteiger partial charge on any atom is 0.329 e. The van der Waals surface area contributed by atoms with Crippen LogP contribution in [0.4, 0.5) is 0 Å². The molecule has 100 valence electrons. The smallest absolute Gasteiger partial charge is 0.329 e. The Morgan fingerprint density at radius 1 is 1.29 bits per heavy atom. The Morgan fingerprint density at radius 2 is 1.88 bits per heavy atom. The van der Waals surface area contributed by atoms with Crippen molar-refractivity contribution in [1.82, 2.24) is 5.32 Å². The van der Waals surface area contributed by atoms with E-state index in [9.17, 15) is 9.59 Å². The minimum atomic E-state index is -0.703. The molecule has 0 aliphatic heterocycles. The number of ether oxygens (including phenoxy) is 2. The molecular formula is C11H21NO4S. The first-order valence-electron chi connectivity index (χ1n) is 5.45. The predicted octanol–water partition coefficient (Wildman–Crippen LogP) is 0.779. The molecule has 0 radical (unpaired) electrons. The first-order chi connectivity index (χ1) is 7.76. The van der Waals surface area contributed by atoms with Crippen LogP contribution in [0.2, 0.25) is 0 Å². The Labute approximate surface area is 108 Å². The largest absolute Gasteiger partial charge is 0.462 e. The van der Waals surface area contributed by atoms with Gasteiger partial charge < -0.3 is 14.8 Å². The minimum absolute atomic E-state index is 0.167. The molecule has 6 heteroatoms. The van der Waals surface area contributed by atoms with Gasteiger partial charge >= 0.3 is 5.97 Å². The first kappa shape index (κ1) is 16.2. The highest BCUT2D eigenvalue weighted by atomic mass is 32.1. The molecule has 0 spiro atoms. The Bertz CT molecular complexity index is 263. The minimum Gasteiger partial charge on any atom is -0.462 e. The third-order valence-corrected chi connectivity index (χ3v) is 2.07. The lowest BCUT2D eigenvalue weighted by atomic mass is 10.2. The molecule has 1 atom stereocenters. The molecule has 0 saturated carbocycles. The van der Waals surface area contributed by atoms with Crippen LogP contribution in [0.3, 0.4) is 0 Å². The summed E-state index contributed by atoms with van der Waals surface area (Å²) in [7, 11) is 0. The van der Waals surface area contributed by atoms with Crippen molar-refractivity contribution in [3.63, 3.8) is 0 Å². The van der Waals surface area contributed by atoms with Crippen LogP contribution in [0, 0.1) is 0 Å². The van der Waals surface area contributed by atoms with Crippen molar-refractivity contribution in [2.45, 2.75) is 39.3 Å². The van der Waals surface area contributed by atoms with Gasteiger partial charge in [0.2, 0.25) is 5.91 Å². The molecule has 0 bridgehead atoms. The van der Waals surface area contributed by atoms with E-state index < -0.39 is 12.0 Å². The zero-order valence-corrected chi connectivity index (χ0v) is 11.7. The van der Waals surface area contributed by atoms with Gasteiger partial charge in [-0.25, -0.2) is 4.79 Å². The summed E-state index contributed by atoms with van der Waals surface area (Å²) >= 11 is 3.97. The topological polar surface area (TPSA) is 64.6 Å². The van der Waals surface area contributed by atoms with E-state index in [1.807, 2.05) is 20.8 Å². The zero-order chi connectivity index (χ0) is 13.5. The highest BCUT2D eigenvalue weighted by molar-refractivity contribution is 7.80. The Balaban J connectivity index is 3.87. The molecule has 0 unspecified atom stereocenters. The standard InChI is InChI=1S/C11H21NO4S/c1-8(13)12-9(7-17)10(14)15-5-6-16-11(2,3)4/h9,17H,5-7H2,1-4H3,(H,12,13)/t9-/m0/s1.